The lowest BCUT2D eigenvalue weighted by Crippen LogP contribution is -2.01. The number of thiazole rings is 1. The number of hydrogen-bond acceptors (Lipinski definition) is 5. The van der Waals surface area contributed by atoms with E-state index in [9.17, 15) is 5.11 Å². The van der Waals surface area contributed by atoms with E-state index in [0.29, 0.717) is 18.1 Å². The lowest BCUT2D eigenvalue weighted by atomic mass is 10.1. The van der Waals surface area contributed by atoms with Gasteiger partial charge in [-0.05, 0) is 19.1 Å². The third-order valence-corrected chi connectivity index (χ3v) is 3.26. The number of aromatic nitrogens is 1. The van der Waals surface area contributed by atoms with Gasteiger partial charge in [-0.15, -0.1) is 11.3 Å². The van der Waals surface area contributed by atoms with Crippen LogP contribution in [0.2, 0.25) is 0 Å². The number of ether oxygens (including phenoxy) is 2. The van der Waals surface area contributed by atoms with E-state index in [1.807, 2.05) is 5.38 Å². The summed E-state index contributed by atoms with van der Waals surface area (Å²) < 4.78 is 10.8. The van der Waals surface area contributed by atoms with Crippen LogP contribution in [0, 0.1) is 0 Å². The number of aliphatic hydroxyl groups excluding tert-OH is 1. The summed E-state index contributed by atoms with van der Waals surface area (Å²) in [5.74, 6) is 1.33. The highest BCUT2D eigenvalue weighted by molar-refractivity contribution is 7.09. The minimum atomic E-state index is -0.581. The molecule has 1 atom stereocenters. The smallest absolute Gasteiger partial charge is 0.140 e. The molecule has 1 unspecified atom stereocenters. The van der Waals surface area contributed by atoms with Crippen LogP contribution in [0.5, 0.6) is 11.5 Å². The molecule has 1 aromatic heterocycles. The van der Waals surface area contributed by atoms with E-state index in [0.717, 1.165) is 10.6 Å². The molecule has 4 nitrogen and oxygen atoms in total. The first-order chi connectivity index (χ1) is 8.70. The van der Waals surface area contributed by atoms with Gasteiger partial charge in [0.25, 0.3) is 0 Å². The molecule has 0 saturated heterocycles. The lowest BCUT2D eigenvalue weighted by molar-refractivity contribution is 0.190. The Morgan fingerprint density at radius 3 is 2.89 bits per heavy atom. The summed E-state index contributed by atoms with van der Waals surface area (Å²) in [7, 11) is 1.60. The standard InChI is InChI=1S/C13H15NO3S/c1-9(15)11-4-3-10(16-2)7-12(11)17-8-13-14-5-6-18-13/h3-7,9,15H,8H2,1-2H3. The summed E-state index contributed by atoms with van der Waals surface area (Å²) in [5.41, 5.74) is 0.743. The maximum atomic E-state index is 9.69. The van der Waals surface area contributed by atoms with Crippen molar-refractivity contribution in [2.24, 2.45) is 0 Å². The van der Waals surface area contributed by atoms with Crippen LogP contribution in [0.4, 0.5) is 0 Å². The van der Waals surface area contributed by atoms with Gasteiger partial charge >= 0.3 is 0 Å². The molecule has 0 aliphatic rings. The van der Waals surface area contributed by atoms with Crippen molar-refractivity contribution in [1.29, 1.82) is 0 Å². The zero-order chi connectivity index (χ0) is 13.0. The Bertz CT molecular complexity index is 497. The van der Waals surface area contributed by atoms with Crippen molar-refractivity contribution in [2.45, 2.75) is 19.6 Å². The number of methoxy groups -OCH3 is 1. The van der Waals surface area contributed by atoms with Gasteiger partial charge in [-0.2, -0.15) is 0 Å². The van der Waals surface area contributed by atoms with Crippen LogP contribution in [0.3, 0.4) is 0 Å². The van der Waals surface area contributed by atoms with Crippen LogP contribution < -0.4 is 9.47 Å². The molecule has 0 spiro atoms. The summed E-state index contributed by atoms with van der Waals surface area (Å²) in [6.45, 7) is 2.10. The molecule has 0 radical (unpaired) electrons. The van der Waals surface area contributed by atoms with Gasteiger partial charge in [0.15, 0.2) is 0 Å². The quantitative estimate of drug-likeness (QED) is 0.903. The van der Waals surface area contributed by atoms with Crippen LogP contribution in [-0.4, -0.2) is 17.2 Å². The molecule has 1 aromatic carbocycles. The Morgan fingerprint density at radius 1 is 1.44 bits per heavy atom. The predicted octanol–water partition coefficient (Wildman–Crippen LogP) is 2.78. The lowest BCUT2D eigenvalue weighted by Gasteiger charge is -2.14. The highest BCUT2D eigenvalue weighted by Crippen LogP contribution is 2.30. The van der Waals surface area contributed by atoms with E-state index in [-0.39, 0.29) is 0 Å². The number of hydrogen-bond donors (Lipinski definition) is 1. The van der Waals surface area contributed by atoms with Gasteiger partial charge in [0.1, 0.15) is 23.1 Å². The summed E-state index contributed by atoms with van der Waals surface area (Å²) in [4.78, 5) is 4.15. The summed E-state index contributed by atoms with van der Waals surface area (Å²) in [5, 5.41) is 12.5. The maximum absolute atomic E-state index is 9.69. The Hall–Kier alpha value is -1.59. The molecule has 5 heteroatoms. The highest BCUT2D eigenvalue weighted by atomic mass is 32.1. The van der Waals surface area contributed by atoms with Crippen molar-refractivity contribution in [1.82, 2.24) is 4.98 Å². The largest absolute Gasteiger partial charge is 0.497 e. The number of benzene rings is 1. The van der Waals surface area contributed by atoms with Crippen molar-refractivity contribution >= 4 is 11.3 Å². The number of nitrogens with zero attached hydrogens (tertiary/aromatic N) is 1. The molecule has 0 aliphatic carbocycles. The van der Waals surface area contributed by atoms with Crippen LogP contribution >= 0.6 is 11.3 Å². The van der Waals surface area contributed by atoms with Crippen molar-refractivity contribution in [3.63, 3.8) is 0 Å². The Balaban J connectivity index is 2.18. The van der Waals surface area contributed by atoms with Gasteiger partial charge in [0.05, 0.1) is 13.2 Å². The average molecular weight is 265 g/mol. The van der Waals surface area contributed by atoms with E-state index in [4.69, 9.17) is 9.47 Å². The van der Waals surface area contributed by atoms with Crippen molar-refractivity contribution in [3.05, 3.63) is 40.3 Å². The molecular weight excluding hydrogens is 250 g/mol. The van der Waals surface area contributed by atoms with Gasteiger partial charge in [-0.25, -0.2) is 4.98 Å². The molecule has 2 rings (SSSR count). The van der Waals surface area contributed by atoms with Crippen LogP contribution in [0.15, 0.2) is 29.8 Å². The molecular formula is C13H15NO3S. The summed E-state index contributed by atoms with van der Waals surface area (Å²) in [6.07, 6.45) is 1.16. The first kappa shape index (κ1) is 12.9. The van der Waals surface area contributed by atoms with Crippen molar-refractivity contribution in [2.75, 3.05) is 7.11 Å². The summed E-state index contributed by atoms with van der Waals surface area (Å²) >= 11 is 1.54. The van der Waals surface area contributed by atoms with Gasteiger partial charge in [0, 0.05) is 23.2 Å². The minimum absolute atomic E-state index is 0.393. The molecule has 18 heavy (non-hydrogen) atoms. The molecule has 0 saturated carbocycles. The van der Waals surface area contributed by atoms with E-state index in [1.54, 1.807) is 38.4 Å². The Labute approximate surface area is 110 Å². The van der Waals surface area contributed by atoms with E-state index >= 15 is 0 Å². The fourth-order valence-corrected chi connectivity index (χ4v) is 2.10. The molecule has 0 fully saturated rings. The fraction of sp³-hybridized carbons (Fsp3) is 0.308. The normalized spacial score (nSPS) is 12.2. The van der Waals surface area contributed by atoms with Crippen molar-refractivity contribution in [3.8, 4) is 11.5 Å². The monoisotopic (exact) mass is 265 g/mol. The first-order valence-electron chi connectivity index (χ1n) is 5.58. The van der Waals surface area contributed by atoms with Gasteiger partial charge in [0.2, 0.25) is 0 Å². The van der Waals surface area contributed by atoms with E-state index in [2.05, 4.69) is 4.98 Å². The second-order valence-corrected chi connectivity index (χ2v) is 4.77. The van der Waals surface area contributed by atoms with Crippen LogP contribution in [0.25, 0.3) is 0 Å². The molecule has 0 bridgehead atoms. The fourth-order valence-electron chi connectivity index (χ4n) is 1.58. The Morgan fingerprint density at radius 2 is 2.28 bits per heavy atom. The molecule has 2 aromatic rings. The second-order valence-electron chi connectivity index (χ2n) is 3.79. The van der Waals surface area contributed by atoms with E-state index in [1.165, 1.54) is 11.3 Å². The Kier molecular flexibility index (Phi) is 4.17. The zero-order valence-corrected chi connectivity index (χ0v) is 11.1. The molecule has 0 amide bonds. The minimum Gasteiger partial charge on any atom is -0.497 e. The second kappa shape index (κ2) is 5.84. The third kappa shape index (κ3) is 3.00. The average Bonchev–Trinajstić information content (AvgIpc) is 2.88. The third-order valence-electron chi connectivity index (χ3n) is 2.51. The topological polar surface area (TPSA) is 51.6 Å². The highest BCUT2D eigenvalue weighted by Gasteiger charge is 2.11. The van der Waals surface area contributed by atoms with Crippen LogP contribution in [0.1, 0.15) is 23.6 Å². The number of aliphatic hydroxyl groups is 1. The maximum Gasteiger partial charge on any atom is 0.140 e. The molecule has 96 valence electrons. The zero-order valence-electron chi connectivity index (χ0n) is 10.3. The SMILES string of the molecule is COc1ccc(C(C)O)c(OCc2nccs2)c1. The van der Waals surface area contributed by atoms with Crippen molar-refractivity contribution < 1.29 is 14.6 Å². The van der Waals surface area contributed by atoms with Gasteiger partial charge < -0.3 is 14.6 Å². The van der Waals surface area contributed by atoms with Gasteiger partial charge in [-0.3, -0.25) is 0 Å². The first-order valence-corrected chi connectivity index (χ1v) is 6.46. The summed E-state index contributed by atoms with van der Waals surface area (Å²) in [6, 6.07) is 5.38. The van der Waals surface area contributed by atoms with Gasteiger partial charge in [-0.1, -0.05) is 0 Å². The number of rotatable bonds is 5. The molecule has 0 aliphatic heterocycles. The van der Waals surface area contributed by atoms with Crippen LogP contribution in [-0.2, 0) is 6.61 Å². The molecule has 1 heterocycles. The van der Waals surface area contributed by atoms with E-state index < -0.39 is 6.10 Å². The predicted molar refractivity (Wildman–Crippen MR) is 70.1 cm³/mol. The molecule has 1 N–H and O–H groups in total.